The highest BCUT2D eigenvalue weighted by Crippen LogP contribution is 2.41. The molecule has 0 amide bonds. The van der Waals surface area contributed by atoms with Crippen molar-refractivity contribution < 1.29 is 20.1 Å². The molecule has 0 saturated carbocycles. The molecule has 3 aromatic rings. The molecule has 1 fully saturated rings. The van der Waals surface area contributed by atoms with Crippen LogP contribution in [0.15, 0.2) is 18.6 Å². The van der Waals surface area contributed by atoms with Crippen LogP contribution < -0.4 is 5.35 Å². The van der Waals surface area contributed by atoms with Gasteiger partial charge in [-0.25, -0.2) is 9.97 Å². The van der Waals surface area contributed by atoms with Gasteiger partial charge >= 0.3 is 0 Å². The van der Waals surface area contributed by atoms with E-state index < -0.39 is 30.6 Å². The zero-order valence-corrected chi connectivity index (χ0v) is 13.9. The summed E-state index contributed by atoms with van der Waals surface area (Å²) in [5.74, 6) is 0. The number of aliphatic hydroxyl groups is 3. The molecule has 0 bridgehead atoms. The molecule has 0 unspecified atom stereocenters. The fraction of sp³-hybridized carbons (Fsp3) is 0.353. The largest absolute Gasteiger partial charge is 0.394 e. The second-order valence-corrected chi connectivity index (χ2v) is 6.57. The van der Waals surface area contributed by atoms with Crippen LogP contribution in [0.4, 0.5) is 0 Å². The summed E-state index contributed by atoms with van der Waals surface area (Å²) in [7, 11) is 0. The molecule has 1 saturated heterocycles. The number of hydrogen-bond acceptors (Lipinski definition) is 7. The Morgan fingerprint density at radius 2 is 2.27 bits per heavy atom. The van der Waals surface area contributed by atoms with Crippen LogP contribution in [-0.2, 0) is 4.74 Å². The van der Waals surface area contributed by atoms with Gasteiger partial charge in [0.25, 0.3) is 0 Å². The van der Waals surface area contributed by atoms with E-state index in [1.54, 1.807) is 16.8 Å². The monoisotopic (exact) mass is 355 g/mol. The third-order valence-corrected chi connectivity index (χ3v) is 4.80. The first-order chi connectivity index (χ1) is 12.4. The van der Waals surface area contributed by atoms with Crippen LogP contribution in [0.1, 0.15) is 18.7 Å². The number of hydrogen-bond donors (Lipinski definition) is 4. The highest BCUT2D eigenvalue weighted by Gasteiger charge is 2.53. The first-order valence-electron chi connectivity index (χ1n) is 7.99. The molecule has 134 valence electrons. The molecule has 1 aliphatic heterocycles. The zero-order chi connectivity index (χ0) is 18.6. The van der Waals surface area contributed by atoms with Gasteiger partial charge in [0, 0.05) is 16.9 Å². The van der Waals surface area contributed by atoms with E-state index in [-0.39, 0.29) is 0 Å². The lowest BCUT2D eigenvalue weighted by Gasteiger charge is -2.27. The lowest BCUT2D eigenvalue weighted by atomic mass is 9.96. The standard InChI is InChI=1S/C17H17N5O4/c1-8-3-9(4-18)10-5-22(15-12(10)14(21-8)19-7-20-15)16-17(2,25)13(24)11(6-23)26-16/h3,5,7,11,13,16,23-25H,1,6H2,2H3,(H,19,20,21)/t11-,13-,16-,17+/m1/s1. The van der Waals surface area contributed by atoms with Crippen LogP contribution in [0.25, 0.3) is 28.6 Å². The number of aliphatic hydroxyl groups excluding tert-OH is 2. The van der Waals surface area contributed by atoms with Gasteiger partial charge in [0.1, 0.15) is 35.4 Å². The second kappa shape index (κ2) is 5.62. The average Bonchev–Trinajstić information content (AvgIpc) is 3.04. The van der Waals surface area contributed by atoms with Gasteiger partial charge in [-0.2, -0.15) is 5.26 Å². The summed E-state index contributed by atoms with van der Waals surface area (Å²) in [6.07, 6.45) is -0.245. The number of ether oxygens (including phenoxy) is 1. The van der Waals surface area contributed by atoms with Crippen LogP contribution in [0.5, 0.6) is 0 Å². The summed E-state index contributed by atoms with van der Waals surface area (Å²) in [4.78, 5) is 11.5. The molecule has 0 aliphatic carbocycles. The van der Waals surface area contributed by atoms with Crippen LogP contribution >= 0.6 is 0 Å². The molecule has 4 N–H and O–H groups in total. The summed E-state index contributed by atoms with van der Waals surface area (Å²) < 4.78 is 7.24. The number of aromatic nitrogens is 4. The van der Waals surface area contributed by atoms with E-state index >= 15 is 0 Å². The number of nitrogens with zero attached hydrogens (tertiary/aromatic N) is 4. The molecule has 4 heterocycles. The Kier molecular flexibility index (Phi) is 3.61. The van der Waals surface area contributed by atoms with Crippen molar-refractivity contribution in [3.05, 3.63) is 29.5 Å². The molecule has 1 aliphatic rings. The zero-order valence-electron chi connectivity index (χ0n) is 13.9. The lowest BCUT2D eigenvalue weighted by Crippen LogP contribution is -2.44. The van der Waals surface area contributed by atoms with Crippen LogP contribution in [0, 0.1) is 11.3 Å². The summed E-state index contributed by atoms with van der Waals surface area (Å²) in [5.41, 5.74) is -0.410. The number of H-pyrrole nitrogens is 1. The minimum absolute atomic E-state index is 0.358. The van der Waals surface area contributed by atoms with Crippen molar-refractivity contribution in [3.63, 3.8) is 0 Å². The van der Waals surface area contributed by atoms with Gasteiger partial charge in [0.15, 0.2) is 6.23 Å². The Hall–Kier alpha value is -2.77. The van der Waals surface area contributed by atoms with E-state index in [0.717, 1.165) is 0 Å². The van der Waals surface area contributed by atoms with Crippen molar-refractivity contribution in [3.8, 4) is 6.07 Å². The number of nitrogens with one attached hydrogen (secondary N) is 1. The average molecular weight is 355 g/mol. The summed E-state index contributed by atoms with van der Waals surface area (Å²) in [5, 5.41) is 41.6. The Morgan fingerprint density at radius 3 is 2.92 bits per heavy atom. The van der Waals surface area contributed by atoms with Gasteiger partial charge in [-0.3, -0.25) is 0 Å². The van der Waals surface area contributed by atoms with Crippen LogP contribution in [-0.4, -0.2) is 59.3 Å². The quantitative estimate of drug-likeness (QED) is 0.485. The van der Waals surface area contributed by atoms with E-state index in [9.17, 15) is 20.6 Å². The summed E-state index contributed by atoms with van der Waals surface area (Å²) in [6.45, 7) is 4.83. The second-order valence-electron chi connectivity index (χ2n) is 6.57. The fourth-order valence-corrected chi connectivity index (χ4v) is 3.49. The molecule has 0 radical (unpaired) electrons. The number of nitriles is 1. The smallest absolute Gasteiger partial charge is 0.167 e. The maximum atomic E-state index is 10.8. The molecule has 0 aromatic carbocycles. The van der Waals surface area contributed by atoms with Gasteiger partial charge in [0.2, 0.25) is 0 Å². The van der Waals surface area contributed by atoms with E-state index in [2.05, 4.69) is 27.6 Å². The lowest BCUT2D eigenvalue weighted by molar-refractivity contribution is -0.0947. The van der Waals surface area contributed by atoms with E-state index in [0.29, 0.717) is 33.0 Å². The van der Waals surface area contributed by atoms with E-state index in [1.807, 2.05) is 0 Å². The fourth-order valence-electron chi connectivity index (χ4n) is 3.49. The van der Waals surface area contributed by atoms with Crippen LogP contribution in [0.2, 0.25) is 0 Å². The molecule has 26 heavy (non-hydrogen) atoms. The normalized spacial score (nSPS) is 28.7. The van der Waals surface area contributed by atoms with Crippen molar-refractivity contribution in [1.82, 2.24) is 19.5 Å². The first kappa shape index (κ1) is 16.7. The molecule has 3 aromatic heterocycles. The molecular weight excluding hydrogens is 338 g/mol. The Bertz CT molecular complexity index is 1110. The van der Waals surface area contributed by atoms with E-state index in [4.69, 9.17) is 4.74 Å². The molecule has 9 nitrogen and oxygen atoms in total. The Balaban J connectivity index is 2.05. The minimum Gasteiger partial charge on any atom is -0.394 e. The Labute approximate surface area is 147 Å². The number of rotatable bonds is 2. The Morgan fingerprint density at radius 1 is 1.50 bits per heavy atom. The predicted molar refractivity (Wildman–Crippen MR) is 91.3 cm³/mol. The van der Waals surface area contributed by atoms with Crippen molar-refractivity contribution >= 4 is 28.6 Å². The van der Waals surface area contributed by atoms with E-state index in [1.165, 1.54) is 13.3 Å². The van der Waals surface area contributed by atoms with Gasteiger partial charge in [-0.1, -0.05) is 6.58 Å². The maximum absolute atomic E-state index is 10.8. The maximum Gasteiger partial charge on any atom is 0.167 e. The van der Waals surface area contributed by atoms with Gasteiger partial charge in [0.05, 0.1) is 23.6 Å². The third-order valence-electron chi connectivity index (χ3n) is 4.80. The van der Waals surface area contributed by atoms with Crippen molar-refractivity contribution in [2.75, 3.05) is 6.61 Å². The molecule has 9 heteroatoms. The molecular formula is C17H17N5O4. The first-order valence-corrected chi connectivity index (χ1v) is 7.99. The minimum atomic E-state index is -1.67. The topological polar surface area (TPSA) is 140 Å². The summed E-state index contributed by atoms with van der Waals surface area (Å²) in [6, 6.07) is 3.72. The molecule has 4 rings (SSSR count). The highest BCUT2D eigenvalue weighted by atomic mass is 16.6. The van der Waals surface area contributed by atoms with Gasteiger partial charge in [-0.15, -0.1) is 0 Å². The number of aromatic amines is 1. The molecule has 4 atom stereocenters. The third kappa shape index (κ3) is 2.17. The molecule has 0 spiro atoms. The van der Waals surface area contributed by atoms with Gasteiger partial charge in [-0.05, 0) is 13.0 Å². The van der Waals surface area contributed by atoms with Crippen molar-refractivity contribution in [1.29, 1.82) is 5.26 Å². The van der Waals surface area contributed by atoms with Crippen LogP contribution in [0.3, 0.4) is 0 Å². The van der Waals surface area contributed by atoms with Crippen molar-refractivity contribution in [2.24, 2.45) is 0 Å². The SMILES string of the molecule is C=c1cc(C#N)c2cn([C@@H]3O[C@H](CO)[C@@H](O)[C@]3(C)O)c3ncnc([nH]1)c23. The van der Waals surface area contributed by atoms with Crippen molar-refractivity contribution in [2.45, 2.75) is 31.0 Å². The predicted octanol–water partition coefficient (Wildman–Crippen LogP) is -0.523. The van der Waals surface area contributed by atoms with Gasteiger partial charge < -0.3 is 29.6 Å². The summed E-state index contributed by atoms with van der Waals surface area (Å²) >= 11 is 0. The highest BCUT2D eigenvalue weighted by molar-refractivity contribution is 6.06.